The molecule has 2 N–H and O–H groups in total. The molecule has 1 aromatic carbocycles. The number of likely N-dealkylation sites (tertiary alicyclic amines) is 1. The van der Waals surface area contributed by atoms with E-state index in [0.717, 1.165) is 42.0 Å². The van der Waals surface area contributed by atoms with E-state index in [9.17, 15) is 14.7 Å². The first-order valence-corrected chi connectivity index (χ1v) is 11.4. The number of aryl methyl sites for hydroxylation is 1. The molecular weight excluding hydrogens is 432 g/mol. The number of hydrogen-bond donors (Lipinski definition) is 2. The van der Waals surface area contributed by atoms with Gasteiger partial charge in [0.25, 0.3) is 0 Å². The Balaban J connectivity index is 1.31. The second kappa shape index (κ2) is 9.13. The number of nitrogens with zero attached hydrogens (tertiary/aromatic N) is 3. The third kappa shape index (κ3) is 4.19. The first-order valence-electron chi connectivity index (χ1n) is 11.4. The van der Waals surface area contributed by atoms with Crippen LogP contribution in [0.5, 0.6) is 5.88 Å². The number of benzene rings is 1. The van der Waals surface area contributed by atoms with Crippen molar-refractivity contribution in [3.05, 3.63) is 71.4 Å². The Labute approximate surface area is 197 Å². The van der Waals surface area contributed by atoms with Gasteiger partial charge in [-0.05, 0) is 35.6 Å². The highest BCUT2D eigenvalue weighted by Crippen LogP contribution is 2.38. The number of fused-ring (bicyclic) bond motifs is 1. The van der Waals surface area contributed by atoms with E-state index in [1.54, 1.807) is 23.2 Å². The molecule has 2 aliphatic rings. The molecule has 1 unspecified atom stereocenters. The molecule has 8 nitrogen and oxygen atoms in total. The minimum absolute atomic E-state index is 0.0778. The average molecular weight is 459 g/mol. The first kappa shape index (κ1) is 21.9. The quantitative estimate of drug-likeness (QED) is 0.521. The molecule has 1 saturated heterocycles. The molecule has 0 radical (unpaired) electrons. The molecule has 8 heteroatoms. The molecule has 0 aliphatic carbocycles. The number of amides is 1. The number of pyridine rings is 2. The average Bonchev–Trinajstić information content (AvgIpc) is 2.87. The number of nitrogens with one attached hydrogen (secondary N) is 1. The van der Waals surface area contributed by atoms with Gasteiger partial charge in [-0.3, -0.25) is 9.59 Å². The molecule has 5 rings (SSSR count). The van der Waals surface area contributed by atoms with Crippen LogP contribution in [0.4, 0.5) is 5.82 Å². The van der Waals surface area contributed by atoms with Gasteiger partial charge in [0.2, 0.25) is 11.8 Å². The summed E-state index contributed by atoms with van der Waals surface area (Å²) in [6.45, 7) is 1.40. The van der Waals surface area contributed by atoms with Crippen molar-refractivity contribution in [1.82, 2.24) is 14.9 Å². The SMILES string of the molecule is COc1ccc(C(CC(=O)O)N2C[C@@H](c3ccc(-c4ccc5c(n4)NCCC5)cc3)C2=O)cn1. The van der Waals surface area contributed by atoms with Crippen LogP contribution in [-0.2, 0) is 16.0 Å². The zero-order valence-corrected chi connectivity index (χ0v) is 18.9. The summed E-state index contributed by atoms with van der Waals surface area (Å²) in [4.78, 5) is 35.1. The van der Waals surface area contributed by atoms with E-state index in [4.69, 9.17) is 9.72 Å². The van der Waals surface area contributed by atoms with Crippen LogP contribution >= 0.6 is 0 Å². The van der Waals surface area contributed by atoms with Crippen LogP contribution < -0.4 is 10.1 Å². The highest BCUT2D eigenvalue weighted by molar-refractivity contribution is 5.90. The Morgan fingerprint density at radius 2 is 2.03 bits per heavy atom. The number of carboxylic acid groups (broad SMARTS) is 1. The lowest BCUT2D eigenvalue weighted by Gasteiger charge is -2.43. The van der Waals surface area contributed by atoms with Crippen LogP contribution in [-0.4, -0.2) is 52.1 Å². The number of ether oxygens (including phenoxy) is 1. The van der Waals surface area contributed by atoms with Crippen molar-refractivity contribution in [3.63, 3.8) is 0 Å². The zero-order chi connectivity index (χ0) is 23.7. The maximum absolute atomic E-state index is 13.1. The van der Waals surface area contributed by atoms with Gasteiger partial charge in [-0.25, -0.2) is 9.97 Å². The maximum atomic E-state index is 13.1. The summed E-state index contributed by atoms with van der Waals surface area (Å²) >= 11 is 0. The normalized spacial score (nSPS) is 17.9. The minimum atomic E-state index is -0.964. The number of β-lactam (4-membered cyclic amide) rings is 1. The van der Waals surface area contributed by atoms with Gasteiger partial charge in [0.1, 0.15) is 5.82 Å². The summed E-state index contributed by atoms with van der Waals surface area (Å²) in [5.41, 5.74) is 4.74. The lowest BCUT2D eigenvalue weighted by Crippen LogP contribution is -2.52. The topological polar surface area (TPSA) is 105 Å². The molecule has 2 atom stereocenters. The lowest BCUT2D eigenvalue weighted by molar-refractivity contribution is -0.149. The second-order valence-electron chi connectivity index (χ2n) is 8.65. The number of aromatic nitrogens is 2. The van der Waals surface area contributed by atoms with Crippen molar-refractivity contribution < 1.29 is 19.4 Å². The first-order chi connectivity index (χ1) is 16.5. The highest BCUT2D eigenvalue weighted by atomic mass is 16.5. The fourth-order valence-electron chi connectivity index (χ4n) is 4.64. The Morgan fingerprint density at radius 1 is 1.21 bits per heavy atom. The Bertz CT molecular complexity index is 1210. The number of carbonyl (C=O) groups excluding carboxylic acids is 1. The van der Waals surface area contributed by atoms with Crippen molar-refractivity contribution in [1.29, 1.82) is 0 Å². The van der Waals surface area contributed by atoms with E-state index < -0.39 is 12.0 Å². The summed E-state index contributed by atoms with van der Waals surface area (Å²) < 4.78 is 5.08. The maximum Gasteiger partial charge on any atom is 0.305 e. The summed E-state index contributed by atoms with van der Waals surface area (Å²) in [6.07, 6.45) is 3.56. The predicted molar refractivity (Wildman–Crippen MR) is 127 cm³/mol. The Morgan fingerprint density at radius 3 is 2.71 bits per heavy atom. The third-order valence-corrected chi connectivity index (χ3v) is 6.56. The van der Waals surface area contributed by atoms with Gasteiger partial charge in [0.15, 0.2) is 0 Å². The minimum Gasteiger partial charge on any atom is -0.481 e. The van der Waals surface area contributed by atoms with Gasteiger partial charge < -0.3 is 20.1 Å². The number of rotatable bonds is 7. The Hall–Kier alpha value is -3.94. The monoisotopic (exact) mass is 458 g/mol. The van der Waals surface area contributed by atoms with E-state index in [-0.39, 0.29) is 18.2 Å². The molecular formula is C26H26N4O4. The van der Waals surface area contributed by atoms with Gasteiger partial charge in [-0.15, -0.1) is 0 Å². The van der Waals surface area contributed by atoms with Crippen LogP contribution in [0, 0.1) is 0 Å². The fraction of sp³-hybridized carbons (Fsp3) is 0.308. The predicted octanol–water partition coefficient (Wildman–Crippen LogP) is 3.65. The molecule has 1 amide bonds. The second-order valence-corrected chi connectivity index (χ2v) is 8.65. The fourth-order valence-corrected chi connectivity index (χ4v) is 4.64. The van der Waals surface area contributed by atoms with Crippen LogP contribution in [0.3, 0.4) is 0 Å². The number of aliphatic carboxylic acids is 1. The van der Waals surface area contributed by atoms with Crippen LogP contribution in [0.25, 0.3) is 11.3 Å². The van der Waals surface area contributed by atoms with Crippen molar-refractivity contribution in [2.45, 2.75) is 31.2 Å². The molecule has 2 aromatic heterocycles. The van der Waals surface area contributed by atoms with Gasteiger partial charge in [-0.2, -0.15) is 0 Å². The number of carbonyl (C=O) groups is 2. The highest BCUT2D eigenvalue weighted by Gasteiger charge is 2.42. The summed E-state index contributed by atoms with van der Waals surface area (Å²) in [7, 11) is 1.52. The largest absolute Gasteiger partial charge is 0.481 e. The van der Waals surface area contributed by atoms with Gasteiger partial charge >= 0.3 is 5.97 Å². The summed E-state index contributed by atoms with van der Waals surface area (Å²) in [5.74, 6) is 0.0687. The molecule has 1 fully saturated rings. The van der Waals surface area contributed by atoms with Gasteiger partial charge in [-0.1, -0.05) is 36.4 Å². The Kier molecular flexibility index (Phi) is 5.88. The van der Waals surface area contributed by atoms with Crippen molar-refractivity contribution in [2.24, 2.45) is 0 Å². The van der Waals surface area contributed by atoms with Gasteiger partial charge in [0.05, 0.1) is 31.2 Å². The summed E-state index contributed by atoms with van der Waals surface area (Å²) in [6, 6.07) is 14.9. The molecule has 3 aromatic rings. The smallest absolute Gasteiger partial charge is 0.305 e. The lowest BCUT2D eigenvalue weighted by atomic mass is 9.86. The molecule has 0 saturated carbocycles. The van der Waals surface area contributed by atoms with E-state index in [1.165, 1.54) is 12.7 Å². The number of anilines is 1. The van der Waals surface area contributed by atoms with E-state index >= 15 is 0 Å². The molecule has 2 aliphatic heterocycles. The standard InChI is InChI=1S/C26H26N4O4/c1-34-23-11-9-19(14-28-23)22(13-24(31)32)30-15-20(26(30)33)16-4-6-17(7-5-16)21-10-8-18-3-2-12-27-25(18)29-21/h4-11,14,20,22H,2-3,12-13,15H2,1H3,(H,27,29)(H,31,32)/t20-,22?/m0/s1. The number of methoxy groups -OCH3 is 1. The van der Waals surface area contributed by atoms with Crippen molar-refractivity contribution in [3.8, 4) is 17.1 Å². The molecule has 174 valence electrons. The van der Waals surface area contributed by atoms with Crippen molar-refractivity contribution >= 4 is 17.7 Å². The number of hydrogen-bond acceptors (Lipinski definition) is 6. The zero-order valence-electron chi connectivity index (χ0n) is 18.9. The van der Waals surface area contributed by atoms with E-state index in [1.807, 2.05) is 30.3 Å². The van der Waals surface area contributed by atoms with Crippen LogP contribution in [0.1, 0.15) is 41.5 Å². The van der Waals surface area contributed by atoms with Crippen LogP contribution in [0.15, 0.2) is 54.7 Å². The summed E-state index contributed by atoms with van der Waals surface area (Å²) in [5, 5.41) is 12.8. The van der Waals surface area contributed by atoms with E-state index in [2.05, 4.69) is 16.4 Å². The van der Waals surface area contributed by atoms with E-state index in [0.29, 0.717) is 18.0 Å². The van der Waals surface area contributed by atoms with Crippen molar-refractivity contribution in [2.75, 3.05) is 25.5 Å². The molecule has 0 bridgehead atoms. The molecule has 34 heavy (non-hydrogen) atoms. The third-order valence-electron chi connectivity index (χ3n) is 6.56. The van der Waals surface area contributed by atoms with Gasteiger partial charge in [0, 0.05) is 30.9 Å². The molecule has 0 spiro atoms. The van der Waals surface area contributed by atoms with Crippen LogP contribution in [0.2, 0.25) is 0 Å². The number of carboxylic acids is 1. The molecule has 4 heterocycles.